The number of nitrogens with zero attached hydrogens (tertiary/aromatic N) is 5. The lowest BCUT2D eigenvalue weighted by molar-refractivity contribution is -0.113. The lowest BCUT2D eigenvalue weighted by Crippen LogP contribution is -2.38. The van der Waals surface area contributed by atoms with Crippen LogP contribution in [0, 0.1) is 6.92 Å². The number of fused-ring (bicyclic) bond motifs is 1. The molecule has 4 rings (SSSR count). The van der Waals surface area contributed by atoms with Crippen molar-refractivity contribution >= 4 is 50.3 Å². The van der Waals surface area contributed by atoms with Gasteiger partial charge in [-0.3, -0.25) is 9.36 Å². The Labute approximate surface area is 171 Å². The highest BCUT2D eigenvalue weighted by Gasteiger charge is 2.20. The maximum Gasteiger partial charge on any atom is 0.236 e. The first kappa shape index (κ1) is 19.2. The van der Waals surface area contributed by atoms with Gasteiger partial charge in [-0.1, -0.05) is 29.2 Å². The Morgan fingerprint density at radius 3 is 2.93 bits per heavy atom. The van der Waals surface area contributed by atoms with E-state index in [1.807, 2.05) is 23.6 Å². The molecule has 0 saturated carbocycles. The number of carbonyl (C=O) groups excluding carboxylic acids is 1. The molecule has 2 aromatic heterocycles. The summed E-state index contributed by atoms with van der Waals surface area (Å²) in [6.07, 6.45) is 0. The summed E-state index contributed by atoms with van der Waals surface area (Å²) in [7, 11) is 0. The largest absolute Gasteiger partial charge is 0.378 e. The summed E-state index contributed by atoms with van der Waals surface area (Å²) in [5, 5.41) is 12.9. The highest BCUT2D eigenvalue weighted by Crippen LogP contribution is 2.27. The number of aryl methyl sites for hydroxylation is 1. The van der Waals surface area contributed by atoms with Gasteiger partial charge in [0.05, 0.1) is 29.2 Å². The summed E-state index contributed by atoms with van der Waals surface area (Å²) in [5.74, 6) is 1.01. The van der Waals surface area contributed by atoms with E-state index in [4.69, 9.17) is 4.74 Å². The van der Waals surface area contributed by atoms with Crippen molar-refractivity contribution in [3.05, 3.63) is 23.8 Å². The molecular weight excluding hydrogens is 396 g/mol. The normalized spacial score (nSPS) is 14.6. The molecule has 1 aliphatic rings. The number of ether oxygens (including phenoxy) is 1. The van der Waals surface area contributed by atoms with Gasteiger partial charge >= 0.3 is 0 Å². The quantitative estimate of drug-likeness (QED) is 0.616. The van der Waals surface area contributed by atoms with E-state index in [-0.39, 0.29) is 11.7 Å². The monoisotopic (exact) mass is 418 g/mol. The Hall–Kier alpha value is -2.17. The predicted molar refractivity (Wildman–Crippen MR) is 112 cm³/mol. The van der Waals surface area contributed by atoms with Crippen molar-refractivity contribution in [2.75, 3.05) is 42.3 Å². The van der Waals surface area contributed by atoms with Gasteiger partial charge in [-0.25, -0.2) is 4.98 Å². The van der Waals surface area contributed by atoms with Crippen molar-refractivity contribution in [2.24, 2.45) is 0 Å². The molecule has 0 radical (unpaired) electrons. The van der Waals surface area contributed by atoms with Crippen molar-refractivity contribution in [1.82, 2.24) is 19.7 Å². The van der Waals surface area contributed by atoms with Crippen LogP contribution in [0.1, 0.15) is 12.5 Å². The number of carbonyl (C=O) groups is 1. The van der Waals surface area contributed by atoms with Crippen LogP contribution >= 0.6 is 23.1 Å². The van der Waals surface area contributed by atoms with Crippen molar-refractivity contribution in [3.63, 3.8) is 0 Å². The standard InChI is InChI=1S/C18H22N6O2S2/c1-3-24-17(23-6-8-26-9-7-23)21-22-18(24)27-11-15(25)20-16-19-13-5-4-12(2)10-14(13)28-16/h4-5,10H,3,6-9,11H2,1-2H3,(H,19,20,25). The van der Waals surface area contributed by atoms with Gasteiger partial charge in [0.1, 0.15) is 0 Å². The third-order valence-corrected chi connectivity index (χ3v) is 6.33. The lowest BCUT2D eigenvalue weighted by atomic mass is 10.2. The summed E-state index contributed by atoms with van der Waals surface area (Å²) in [6, 6.07) is 6.07. The van der Waals surface area contributed by atoms with Gasteiger partial charge in [-0.05, 0) is 31.5 Å². The maximum absolute atomic E-state index is 12.4. The second-order valence-corrected chi connectivity index (χ2v) is 8.43. The van der Waals surface area contributed by atoms with E-state index in [1.165, 1.54) is 28.7 Å². The molecule has 1 amide bonds. The first-order valence-electron chi connectivity index (χ1n) is 9.20. The second kappa shape index (κ2) is 8.46. The Balaban J connectivity index is 1.39. The molecule has 1 aromatic carbocycles. The van der Waals surface area contributed by atoms with E-state index in [1.54, 1.807) is 0 Å². The Kier molecular flexibility index (Phi) is 5.79. The Morgan fingerprint density at radius 2 is 2.14 bits per heavy atom. The van der Waals surface area contributed by atoms with E-state index in [9.17, 15) is 4.79 Å². The SMILES string of the molecule is CCn1c(SCC(=O)Nc2nc3ccc(C)cc3s2)nnc1N1CCOCC1. The number of thiazole rings is 1. The van der Waals surface area contributed by atoms with Crippen LogP contribution in [0.25, 0.3) is 10.2 Å². The zero-order chi connectivity index (χ0) is 19.5. The van der Waals surface area contributed by atoms with E-state index in [0.29, 0.717) is 18.3 Å². The molecule has 0 unspecified atom stereocenters. The van der Waals surface area contributed by atoms with Gasteiger partial charge in [0, 0.05) is 19.6 Å². The fraction of sp³-hybridized carbons (Fsp3) is 0.444. The number of benzene rings is 1. The fourth-order valence-electron chi connectivity index (χ4n) is 3.03. The number of hydrogen-bond donors (Lipinski definition) is 1. The average molecular weight is 419 g/mol. The smallest absolute Gasteiger partial charge is 0.236 e. The van der Waals surface area contributed by atoms with E-state index in [2.05, 4.69) is 38.4 Å². The van der Waals surface area contributed by atoms with Gasteiger partial charge in [-0.15, -0.1) is 10.2 Å². The number of rotatable bonds is 6. The molecule has 10 heteroatoms. The van der Waals surface area contributed by atoms with Crippen LogP contribution in [0.2, 0.25) is 0 Å². The summed E-state index contributed by atoms with van der Waals surface area (Å²) in [5.41, 5.74) is 2.08. The minimum atomic E-state index is -0.0978. The van der Waals surface area contributed by atoms with Gasteiger partial charge in [0.2, 0.25) is 11.9 Å². The molecule has 3 heterocycles. The van der Waals surface area contributed by atoms with Crippen LogP contribution in [-0.4, -0.2) is 57.7 Å². The van der Waals surface area contributed by atoms with Crippen LogP contribution < -0.4 is 10.2 Å². The van der Waals surface area contributed by atoms with Crippen molar-refractivity contribution in [3.8, 4) is 0 Å². The average Bonchev–Trinajstić information content (AvgIpc) is 3.29. The minimum Gasteiger partial charge on any atom is -0.378 e. The summed E-state index contributed by atoms with van der Waals surface area (Å²) in [4.78, 5) is 19.0. The Bertz CT molecular complexity index is 980. The summed E-state index contributed by atoms with van der Waals surface area (Å²) >= 11 is 2.88. The van der Waals surface area contributed by atoms with E-state index >= 15 is 0 Å². The predicted octanol–water partition coefficient (Wildman–Crippen LogP) is 2.78. The van der Waals surface area contributed by atoms with Crippen molar-refractivity contribution in [1.29, 1.82) is 0 Å². The number of aromatic nitrogens is 4. The molecule has 3 aromatic rings. The Morgan fingerprint density at radius 1 is 1.32 bits per heavy atom. The second-order valence-electron chi connectivity index (χ2n) is 6.45. The van der Waals surface area contributed by atoms with Crippen molar-refractivity contribution in [2.45, 2.75) is 25.5 Å². The highest BCUT2D eigenvalue weighted by molar-refractivity contribution is 7.99. The molecule has 28 heavy (non-hydrogen) atoms. The molecule has 0 spiro atoms. The molecule has 0 aliphatic carbocycles. The lowest BCUT2D eigenvalue weighted by Gasteiger charge is -2.27. The molecule has 148 valence electrons. The van der Waals surface area contributed by atoms with Gasteiger partial charge < -0.3 is 15.0 Å². The van der Waals surface area contributed by atoms with E-state index in [0.717, 1.165) is 41.0 Å². The molecule has 0 atom stereocenters. The summed E-state index contributed by atoms with van der Waals surface area (Å²) < 4.78 is 8.52. The zero-order valence-corrected chi connectivity index (χ0v) is 17.5. The number of anilines is 2. The van der Waals surface area contributed by atoms with Gasteiger partial charge in [-0.2, -0.15) is 0 Å². The third-order valence-electron chi connectivity index (χ3n) is 4.43. The van der Waals surface area contributed by atoms with Crippen LogP contribution in [0.4, 0.5) is 11.1 Å². The maximum atomic E-state index is 12.4. The molecule has 1 fully saturated rings. The topological polar surface area (TPSA) is 85.2 Å². The van der Waals surface area contributed by atoms with Crippen molar-refractivity contribution < 1.29 is 9.53 Å². The molecule has 1 N–H and O–H groups in total. The van der Waals surface area contributed by atoms with Crippen LogP contribution in [-0.2, 0) is 16.1 Å². The fourth-order valence-corrected chi connectivity index (χ4v) is 4.81. The molecule has 1 aliphatic heterocycles. The number of amides is 1. The number of hydrogen-bond acceptors (Lipinski definition) is 8. The molecule has 0 bridgehead atoms. The first-order chi connectivity index (χ1) is 13.6. The van der Waals surface area contributed by atoms with Gasteiger partial charge in [0.25, 0.3) is 0 Å². The van der Waals surface area contributed by atoms with Crippen LogP contribution in [0.15, 0.2) is 23.4 Å². The molecule has 1 saturated heterocycles. The van der Waals surface area contributed by atoms with Gasteiger partial charge in [0.15, 0.2) is 10.3 Å². The summed E-state index contributed by atoms with van der Waals surface area (Å²) in [6.45, 7) is 7.86. The van der Waals surface area contributed by atoms with E-state index < -0.39 is 0 Å². The zero-order valence-electron chi connectivity index (χ0n) is 15.8. The van der Waals surface area contributed by atoms with Crippen LogP contribution in [0.5, 0.6) is 0 Å². The molecule has 8 nitrogen and oxygen atoms in total. The molecular formula is C18H22N6O2S2. The number of thioether (sulfide) groups is 1. The number of morpholine rings is 1. The first-order valence-corrected chi connectivity index (χ1v) is 11.0. The highest BCUT2D eigenvalue weighted by atomic mass is 32.2. The van der Waals surface area contributed by atoms with Crippen LogP contribution in [0.3, 0.4) is 0 Å². The minimum absolute atomic E-state index is 0.0978. The third kappa shape index (κ3) is 4.13. The number of nitrogens with one attached hydrogen (secondary N) is 1.